The van der Waals surface area contributed by atoms with E-state index in [-0.39, 0.29) is 16.5 Å². The maximum absolute atomic E-state index is 13.5. The van der Waals surface area contributed by atoms with Crippen molar-refractivity contribution < 1.29 is 23.8 Å². The first-order valence-corrected chi connectivity index (χ1v) is 10.5. The fraction of sp³-hybridized carbons (Fsp3) is 0.130. The summed E-state index contributed by atoms with van der Waals surface area (Å²) in [7, 11) is 1.55. The molecule has 2 aromatic carbocycles. The van der Waals surface area contributed by atoms with Crippen LogP contribution < -0.4 is 9.64 Å². The van der Waals surface area contributed by atoms with E-state index in [2.05, 4.69) is 10.2 Å². The molecule has 160 valence electrons. The van der Waals surface area contributed by atoms with Gasteiger partial charge in [-0.15, -0.1) is 10.2 Å². The molecule has 0 fully saturated rings. The Morgan fingerprint density at radius 2 is 1.91 bits per heavy atom. The van der Waals surface area contributed by atoms with Gasteiger partial charge in [0.1, 0.15) is 16.3 Å². The number of carbonyl (C=O) groups excluding carboxylic acids is 2. The number of aliphatic hydroxyl groups excluding tert-OH is 1. The minimum Gasteiger partial charge on any atom is -0.503 e. The van der Waals surface area contributed by atoms with E-state index in [0.29, 0.717) is 21.9 Å². The van der Waals surface area contributed by atoms with E-state index in [9.17, 15) is 14.7 Å². The molecular formula is C23H17N3O5S. The number of benzene rings is 2. The molecule has 8 nitrogen and oxygen atoms in total. The number of ether oxygens (including phenoxy) is 1. The van der Waals surface area contributed by atoms with Crippen LogP contribution in [-0.4, -0.2) is 34.1 Å². The molecule has 0 spiro atoms. The summed E-state index contributed by atoms with van der Waals surface area (Å²) < 4.78 is 10.9. The molecule has 3 heterocycles. The summed E-state index contributed by atoms with van der Waals surface area (Å²) in [5.41, 5.74) is 1.07. The number of amides is 1. The first kappa shape index (κ1) is 20.0. The van der Waals surface area contributed by atoms with Crippen LogP contribution in [0.3, 0.4) is 0 Å². The van der Waals surface area contributed by atoms with Crippen molar-refractivity contribution >= 4 is 39.1 Å². The first-order valence-electron chi connectivity index (χ1n) is 9.72. The lowest BCUT2D eigenvalue weighted by Crippen LogP contribution is -2.31. The van der Waals surface area contributed by atoms with Gasteiger partial charge in [0.25, 0.3) is 5.91 Å². The van der Waals surface area contributed by atoms with Gasteiger partial charge < -0.3 is 14.3 Å². The van der Waals surface area contributed by atoms with E-state index in [0.717, 1.165) is 5.39 Å². The number of methoxy groups -OCH3 is 1. The number of aryl methyl sites for hydroxylation is 1. The number of ketones is 1. The monoisotopic (exact) mass is 447 g/mol. The Bertz CT molecular complexity index is 1350. The molecule has 9 heteroatoms. The second-order valence-electron chi connectivity index (χ2n) is 7.19. The van der Waals surface area contributed by atoms with Crippen molar-refractivity contribution in [2.45, 2.75) is 13.0 Å². The van der Waals surface area contributed by atoms with Gasteiger partial charge in [-0.25, -0.2) is 0 Å². The van der Waals surface area contributed by atoms with Gasteiger partial charge in [-0.05, 0) is 36.8 Å². The summed E-state index contributed by atoms with van der Waals surface area (Å²) in [5, 5.41) is 20.5. The smallest absolute Gasteiger partial charge is 0.296 e. The minimum absolute atomic E-state index is 0.0364. The van der Waals surface area contributed by atoms with Crippen LogP contribution >= 0.6 is 11.3 Å². The normalized spacial score (nSPS) is 16.2. The maximum Gasteiger partial charge on any atom is 0.296 e. The zero-order valence-corrected chi connectivity index (χ0v) is 17.9. The first-order chi connectivity index (χ1) is 15.5. The van der Waals surface area contributed by atoms with Crippen LogP contribution in [0.1, 0.15) is 27.2 Å². The number of anilines is 1. The third-order valence-electron chi connectivity index (χ3n) is 5.26. The fourth-order valence-corrected chi connectivity index (χ4v) is 4.46. The van der Waals surface area contributed by atoms with Crippen molar-refractivity contribution in [2.75, 3.05) is 12.0 Å². The van der Waals surface area contributed by atoms with Crippen LogP contribution in [0.4, 0.5) is 5.13 Å². The second kappa shape index (κ2) is 7.61. The Morgan fingerprint density at radius 1 is 1.16 bits per heavy atom. The fourth-order valence-electron chi connectivity index (χ4n) is 3.75. The number of carbonyl (C=O) groups is 2. The van der Waals surface area contributed by atoms with E-state index in [4.69, 9.17) is 9.15 Å². The molecule has 1 amide bonds. The van der Waals surface area contributed by atoms with Gasteiger partial charge in [-0.1, -0.05) is 41.7 Å². The lowest BCUT2D eigenvalue weighted by Gasteiger charge is -2.24. The number of para-hydroxylation sites is 1. The van der Waals surface area contributed by atoms with Crippen LogP contribution in [0, 0.1) is 6.92 Å². The molecule has 0 radical (unpaired) electrons. The predicted octanol–water partition coefficient (Wildman–Crippen LogP) is 4.38. The molecule has 2 aromatic heterocycles. The summed E-state index contributed by atoms with van der Waals surface area (Å²) >= 11 is 1.20. The van der Waals surface area contributed by atoms with E-state index in [1.54, 1.807) is 56.5 Å². The van der Waals surface area contributed by atoms with Gasteiger partial charge in [0.2, 0.25) is 10.9 Å². The van der Waals surface area contributed by atoms with Crippen molar-refractivity contribution in [1.29, 1.82) is 0 Å². The molecule has 1 N–H and O–H groups in total. The highest BCUT2D eigenvalue weighted by atomic mass is 32.1. The largest absolute Gasteiger partial charge is 0.503 e. The van der Waals surface area contributed by atoms with Crippen LogP contribution in [0.25, 0.3) is 11.0 Å². The summed E-state index contributed by atoms with van der Waals surface area (Å²) in [6, 6.07) is 14.8. The van der Waals surface area contributed by atoms with Crippen molar-refractivity contribution in [2.24, 2.45) is 0 Å². The molecule has 0 saturated heterocycles. The van der Waals surface area contributed by atoms with Gasteiger partial charge in [0.15, 0.2) is 11.5 Å². The average molecular weight is 447 g/mol. The number of hydrogen-bond acceptors (Lipinski definition) is 8. The second-order valence-corrected chi connectivity index (χ2v) is 8.35. The van der Waals surface area contributed by atoms with E-state index in [1.807, 2.05) is 12.1 Å². The molecule has 0 saturated carbocycles. The van der Waals surface area contributed by atoms with Crippen molar-refractivity contribution in [1.82, 2.24) is 10.2 Å². The Balaban J connectivity index is 1.65. The van der Waals surface area contributed by atoms with Crippen LogP contribution in [0.15, 0.2) is 70.3 Å². The third kappa shape index (κ3) is 3.14. The topological polar surface area (TPSA) is 106 Å². The summed E-state index contributed by atoms with van der Waals surface area (Å²) in [6.07, 6.45) is 0. The standard InChI is InChI=1S/C23H17N3O5S/c1-12-24-25-23(32-12)26-19(13-7-9-15(30-2)10-8-13)18(21(28)22(26)29)20(27)17-11-14-5-3-4-6-16(14)31-17/h3-11,19,28H,1-2H3/t19-/m0/s1. The highest BCUT2D eigenvalue weighted by Crippen LogP contribution is 2.43. The molecule has 1 aliphatic rings. The quantitative estimate of drug-likeness (QED) is 0.453. The Hall–Kier alpha value is -3.98. The van der Waals surface area contributed by atoms with E-state index in [1.165, 1.54) is 16.2 Å². The van der Waals surface area contributed by atoms with Crippen LogP contribution in [0.5, 0.6) is 5.75 Å². The Labute approximate surface area is 186 Å². The molecule has 0 unspecified atom stereocenters. The lowest BCUT2D eigenvalue weighted by molar-refractivity contribution is -0.117. The van der Waals surface area contributed by atoms with Crippen LogP contribution in [0.2, 0.25) is 0 Å². The van der Waals surface area contributed by atoms with Crippen LogP contribution in [-0.2, 0) is 4.79 Å². The molecular weight excluding hydrogens is 430 g/mol. The zero-order valence-electron chi connectivity index (χ0n) is 17.1. The van der Waals surface area contributed by atoms with Gasteiger partial charge in [0.05, 0.1) is 18.7 Å². The molecule has 32 heavy (non-hydrogen) atoms. The number of furan rings is 1. The van der Waals surface area contributed by atoms with Gasteiger partial charge in [-0.3, -0.25) is 14.5 Å². The maximum atomic E-state index is 13.5. The molecule has 0 aliphatic carbocycles. The average Bonchev–Trinajstić information content (AvgIpc) is 3.50. The van der Waals surface area contributed by atoms with Crippen molar-refractivity contribution in [3.05, 3.63) is 82.3 Å². The lowest BCUT2D eigenvalue weighted by atomic mass is 9.95. The van der Waals surface area contributed by atoms with Gasteiger partial charge >= 0.3 is 0 Å². The number of nitrogens with zero attached hydrogens (tertiary/aromatic N) is 3. The number of Topliss-reactive ketones (excluding diaryl/α,β-unsaturated/α-hetero) is 1. The van der Waals surface area contributed by atoms with E-state index >= 15 is 0 Å². The summed E-state index contributed by atoms with van der Waals surface area (Å²) in [6.45, 7) is 1.76. The summed E-state index contributed by atoms with van der Waals surface area (Å²) in [4.78, 5) is 27.9. The number of fused-ring (bicyclic) bond motifs is 1. The number of aromatic nitrogens is 2. The number of aliphatic hydroxyl groups is 1. The van der Waals surface area contributed by atoms with Crippen molar-refractivity contribution in [3.8, 4) is 5.75 Å². The minimum atomic E-state index is -0.901. The SMILES string of the molecule is COc1ccc([C@H]2C(C(=O)c3cc4ccccc4o3)=C(O)C(=O)N2c2nnc(C)s2)cc1. The number of hydrogen-bond donors (Lipinski definition) is 1. The number of rotatable bonds is 5. The molecule has 4 aromatic rings. The van der Waals surface area contributed by atoms with Gasteiger partial charge in [0, 0.05) is 5.39 Å². The van der Waals surface area contributed by atoms with Gasteiger partial charge in [-0.2, -0.15) is 0 Å². The van der Waals surface area contributed by atoms with Crippen molar-refractivity contribution in [3.63, 3.8) is 0 Å². The highest BCUT2D eigenvalue weighted by molar-refractivity contribution is 7.15. The predicted molar refractivity (Wildman–Crippen MR) is 118 cm³/mol. The molecule has 1 aliphatic heterocycles. The Kier molecular flexibility index (Phi) is 4.75. The highest BCUT2D eigenvalue weighted by Gasteiger charge is 2.46. The summed E-state index contributed by atoms with van der Waals surface area (Å²) in [5.74, 6) is -1.27. The molecule has 5 rings (SSSR count). The molecule has 0 bridgehead atoms. The Morgan fingerprint density at radius 3 is 2.56 bits per heavy atom. The zero-order chi connectivity index (χ0) is 22.4. The molecule has 1 atom stereocenters. The van der Waals surface area contributed by atoms with E-state index < -0.39 is 23.5 Å². The third-order valence-corrected chi connectivity index (χ3v) is 6.09.